The molecule has 0 aliphatic carbocycles. The average Bonchev–Trinajstić information content (AvgIpc) is 3.37. The molecule has 1 aromatic heterocycles. The minimum Gasteiger partial charge on any atom is -0.347 e. The van der Waals surface area contributed by atoms with Gasteiger partial charge in [-0.05, 0) is 30.2 Å². The molecule has 2 heterocycles. The second-order valence-corrected chi connectivity index (χ2v) is 6.92. The molecule has 1 fully saturated rings. The molecule has 6 nitrogen and oxygen atoms in total. The van der Waals surface area contributed by atoms with E-state index < -0.39 is 0 Å². The summed E-state index contributed by atoms with van der Waals surface area (Å²) < 4.78 is 1.67. The Balaban J connectivity index is 1.39. The van der Waals surface area contributed by atoms with Crippen LogP contribution in [0.3, 0.4) is 0 Å². The van der Waals surface area contributed by atoms with E-state index >= 15 is 0 Å². The molecule has 0 radical (unpaired) electrons. The maximum absolute atomic E-state index is 12.8. The van der Waals surface area contributed by atoms with Crippen molar-refractivity contribution in [1.29, 1.82) is 0 Å². The van der Waals surface area contributed by atoms with Crippen LogP contribution in [0, 0.1) is 0 Å². The van der Waals surface area contributed by atoms with E-state index in [-0.39, 0.29) is 17.9 Å². The molecule has 0 spiro atoms. The van der Waals surface area contributed by atoms with Gasteiger partial charge in [0.15, 0.2) is 0 Å². The first-order chi connectivity index (χ1) is 13.7. The number of carbonyl (C=O) groups excluding carboxylic acids is 2. The number of amides is 2. The van der Waals surface area contributed by atoms with Gasteiger partial charge in [0, 0.05) is 31.9 Å². The van der Waals surface area contributed by atoms with Crippen molar-refractivity contribution in [3.8, 4) is 5.69 Å². The number of para-hydroxylation sites is 1. The Bertz CT molecular complexity index is 954. The minimum atomic E-state index is -0.186. The van der Waals surface area contributed by atoms with Gasteiger partial charge >= 0.3 is 0 Å². The standard InChI is InChI=1S/C22H22N4O2/c27-21-15-18(16-25(21)14-11-17-7-2-1-3-8-17)24-22(28)19-9-4-5-10-20(19)26-13-6-12-23-26/h1-10,12-13,18H,11,14-16H2,(H,24,28). The topological polar surface area (TPSA) is 67.2 Å². The molecule has 4 rings (SSSR count). The first kappa shape index (κ1) is 18.0. The van der Waals surface area contributed by atoms with Gasteiger partial charge < -0.3 is 10.2 Å². The number of aromatic nitrogens is 2. The molecule has 142 valence electrons. The second kappa shape index (κ2) is 8.08. The lowest BCUT2D eigenvalue weighted by Gasteiger charge is -2.17. The van der Waals surface area contributed by atoms with E-state index in [9.17, 15) is 9.59 Å². The first-order valence-electron chi connectivity index (χ1n) is 9.42. The molecule has 6 heteroatoms. The van der Waals surface area contributed by atoms with E-state index in [0.717, 1.165) is 12.1 Å². The number of nitrogens with zero attached hydrogens (tertiary/aromatic N) is 3. The molecule has 3 aromatic rings. The average molecular weight is 374 g/mol. The molecule has 28 heavy (non-hydrogen) atoms. The Hall–Kier alpha value is -3.41. The summed E-state index contributed by atoms with van der Waals surface area (Å²) in [6.07, 6.45) is 4.63. The zero-order chi connectivity index (χ0) is 19.3. The van der Waals surface area contributed by atoms with Crippen LogP contribution in [0.1, 0.15) is 22.3 Å². The molecule has 0 bridgehead atoms. The fourth-order valence-electron chi connectivity index (χ4n) is 3.53. The van der Waals surface area contributed by atoms with Crippen LogP contribution in [-0.4, -0.2) is 45.6 Å². The Labute approximate surface area is 163 Å². The van der Waals surface area contributed by atoms with Gasteiger partial charge in [0.2, 0.25) is 5.91 Å². The Morgan fingerprint density at radius 3 is 2.64 bits per heavy atom. The number of benzene rings is 2. The highest BCUT2D eigenvalue weighted by molar-refractivity contribution is 5.98. The van der Waals surface area contributed by atoms with E-state index in [4.69, 9.17) is 0 Å². The molecule has 1 unspecified atom stereocenters. The van der Waals surface area contributed by atoms with Crippen molar-refractivity contribution in [3.05, 3.63) is 84.2 Å². The normalized spacial score (nSPS) is 16.4. The summed E-state index contributed by atoms with van der Waals surface area (Å²) in [5, 5.41) is 7.23. The SMILES string of the molecule is O=C(NC1CC(=O)N(CCc2ccccc2)C1)c1ccccc1-n1cccn1. The minimum absolute atomic E-state index is 0.0848. The molecular weight excluding hydrogens is 352 g/mol. The monoisotopic (exact) mass is 374 g/mol. The number of likely N-dealkylation sites (tertiary alicyclic amines) is 1. The zero-order valence-electron chi connectivity index (χ0n) is 15.5. The summed E-state index contributed by atoms with van der Waals surface area (Å²) in [5.74, 6) is -0.101. The van der Waals surface area contributed by atoms with Gasteiger partial charge in [-0.15, -0.1) is 0 Å². The highest BCUT2D eigenvalue weighted by atomic mass is 16.2. The molecule has 1 aliphatic heterocycles. The molecule has 1 N–H and O–H groups in total. The molecule has 1 saturated heterocycles. The first-order valence-corrected chi connectivity index (χ1v) is 9.42. The lowest BCUT2D eigenvalue weighted by atomic mass is 10.1. The van der Waals surface area contributed by atoms with Crippen LogP contribution in [0.4, 0.5) is 0 Å². The summed E-state index contributed by atoms with van der Waals surface area (Å²) in [4.78, 5) is 27.0. The van der Waals surface area contributed by atoms with Gasteiger partial charge in [0.05, 0.1) is 17.3 Å². The number of rotatable bonds is 6. The maximum atomic E-state index is 12.8. The predicted molar refractivity (Wildman–Crippen MR) is 106 cm³/mol. The largest absolute Gasteiger partial charge is 0.347 e. The van der Waals surface area contributed by atoms with Crippen molar-refractivity contribution in [2.45, 2.75) is 18.9 Å². The Kier molecular flexibility index (Phi) is 5.19. The highest BCUT2D eigenvalue weighted by Crippen LogP contribution is 2.16. The fourth-order valence-corrected chi connectivity index (χ4v) is 3.53. The second-order valence-electron chi connectivity index (χ2n) is 6.92. The van der Waals surface area contributed by atoms with Gasteiger partial charge in [0.25, 0.3) is 5.91 Å². The van der Waals surface area contributed by atoms with Crippen LogP contribution in [0.15, 0.2) is 73.1 Å². The maximum Gasteiger partial charge on any atom is 0.253 e. The molecule has 2 amide bonds. The molecule has 1 atom stereocenters. The van der Waals surface area contributed by atoms with Gasteiger partial charge in [-0.3, -0.25) is 9.59 Å². The molecule has 1 aliphatic rings. The van der Waals surface area contributed by atoms with E-state index in [2.05, 4.69) is 22.5 Å². The quantitative estimate of drug-likeness (QED) is 0.721. The van der Waals surface area contributed by atoms with E-state index in [1.54, 1.807) is 23.1 Å². The molecule has 2 aromatic carbocycles. The van der Waals surface area contributed by atoms with Crippen LogP contribution in [0.2, 0.25) is 0 Å². The van der Waals surface area contributed by atoms with Crippen LogP contribution in [-0.2, 0) is 11.2 Å². The van der Waals surface area contributed by atoms with Crippen molar-refractivity contribution >= 4 is 11.8 Å². The van der Waals surface area contributed by atoms with E-state index in [1.807, 2.05) is 47.4 Å². The van der Waals surface area contributed by atoms with E-state index in [0.29, 0.717) is 25.1 Å². The van der Waals surface area contributed by atoms with Crippen molar-refractivity contribution in [1.82, 2.24) is 20.0 Å². The third-order valence-electron chi connectivity index (χ3n) is 4.96. The van der Waals surface area contributed by atoms with Crippen LogP contribution in [0.25, 0.3) is 5.69 Å². The zero-order valence-corrected chi connectivity index (χ0v) is 15.5. The Morgan fingerprint density at radius 2 is 1.86 bits per heavy atom. The van der Waals surface area contributed by atoms with Crippen LogP contribution in [0.5, 0.6) is 0 Å². The Morgan fingerprint density at radius 1 is 1.07 bits per heavy atom. The van der Waals surface area contributed by atoms with Gasteiger partial charge in [-0.1, -0.05) is 42.5 Å². The lowest BCUT2D eigenvalue weighted by Crippen LogP contribution is -2.38. The summed E-state index contributed by atoms with van der Waals surface area (Å²) in [6, 6.07) is 19.1. The lowest BCUT2D eigenvalue weighted by molar-refractivity contribution is -0.127. The molecule has 0 saturated carbocycles. The van der Waals surface area contributed by atoms with Crippen molar-refractivity contribution in [2.75, 3.05) is 13.1 Å². The molecular formula is C22H22N4O2. The third-order valence-corrected chi connectivity index (χ3v) is 4.96. The number of hydrogen-bond donors (Lipinski definition) is 1. The van der Waals surface area contributed by atoms with Gasteiger partial charge in [-0.25, -0.2) is 4.68 Å². The van der Waals surface area contributed by atoms with Crippen LogP contribution < -0.4 is 5.32 Å². The third kappa shape index (κ3) is 3.96. The summed E-state index contributed by atoms with van der Waals surface area (Å²) in [5.41, 5.74) is 2.47. The van der Waals surface area contributed by atoms with Gasteiger partial charge in [0.1, 0.15) is 0 Å². The highest BCUT2D eigenvalue weighted by Gasteiger charge is 2.30. The van der Waals surface area contributed by atoms with Crippen molar-refractivity contribution in [2.24, 2.45) is 0 Å². The van der Waals surface area contributed by atoms with Crippen LogP contribution >= 0.6 is 0 Å². The number of hydrogen-bond acceptors (Lipinski definition) is 3. The van der Waals surface area contributed by atoms with E-state index in [1.165, 1.54) is 5.56 Å². The summed E-state index contributed by atoms with van der Waals surface area (Å²) in [7, 11) is 0. The predicted octanol–water partition coefficient (Wildman–Crippen LogP) is 2.45. The smallest absolute Gasteiger partial charge is 0.253 e. The number of nitrogens with one attached hydrogen (secondary N) is 1. The van der Waals surface area contributed by atoms with Crippen molar-refractivity contribution in [3.63, 3.8) is 0 Å². The summed E-state index contributed by atoms with van der Waals surface area (Å²) >= 11 is 0. The fraction of sp³-hybridized carbons (Fsp3) is 0.227. The number of carbonyl (C=O) groups is 2. The summed E-state index contributed by atoms with van der Waals surface area (Å²) in [6.45, 7) is 1.21. The van der Waals surface area contributed by atoms with Crippen molar-refractivity contribution < 1.29 is 9.59 Å². The van der Waals surface area contributed by atoms with Gasteiger partial charge in [-0.2, -0.15) is 5.10 Å².